The third-order valence-electron chi connectivity index (χ3n) is 2.56. The molecule has 0 spiro atoms. The predicted molar refractivity (Wildman–Crippen MR) is 75.8 cm³/mol. The summed E-state index contributed by atoms with van der Waals surface area (Å²) >= 11 is 0. The predicted octanol–water partition coefficient (Wildman–Crippen LogP) is 1.04. The Balaban J connectivity index is 2.49. The number of amides is 1. The van der Waals surface area contributed by atoms with Crippen molar-refractivity contribution in [3.8, 4) is 0 Å². The molecule has 1 amide bonds. The molecule has 0 saturated carbocycles. The zero-order valence-electron chi connectivity index (χ0n) is 11.9. The maximum absolute atomic E-state index is 11.7. The number of benzene rings is 1. The average Bonchev–Trinajstić information content (AvgIpc) is 2.44. The molecule has 0 aliphatic heterocycles. The highest BCUT2D eigenvalue weighted by Crippen LogP contribution is 2.11. The van der Waals surface area contributed by atoms with Gasteiger partial charge in [-0.1, -0.05) is 6.07 Å². The fraction of sp³-hybridized carbons (Fsp3) is 0.429. The second kappa shape index (κ2) is 8.16. The van der Waals surface area contributed by atoms with Gasteiger partial charge in [-0.25, -0.2) is 4.79 Å². The van der Waals surface area contributed by atoms with Crippen molar-refractivity contribution in [1.29, 1.82) is 0 Å². The maximum Gasteiger partial charge on any atom is 0.337 e. The zero-order chi connectivity index (χ0) is 15.0. The van der Waals surface area contributed by atoms with Crippen LogP contribution in [0.25, 0.3) is 0 Å². The Morgan fingerprint density at radius 3 is 2.70 bits per heavy atom. The monoisotopic (exact) mass is 280 g/mol. The molecule has 0 saturated heterocycles. The van der Waals surface area contributed by atoms with Gasteiger partial charge in [0.15, 0.2) is 0 Å². The summed E-state index contributed by atoms with van der Waals surface area (Å²) in [5, 5.41) is 5.73. The molecule has 1 rings (SSSR count). The molecule has 0 heterocycles. The summed E-state index contributed by atoms with van der Waals surface area (Å²) in [6.45, 7) is 2.45. The van der Waals surface area contributed by atoms with Gasteiger partial charge < -0.3 is 20.1 Å². The van der Waals surface area contributed by atoms with Gasteiger partial charge in [0.2, 0.25) is 5.91 Å². The van der Waals surface area contributed by atoms with Crippen LogP contribution in [0.1, 0.15) is 17.3 Å². The highest BCUT2D eigenvalue weighted by molar-refractivity contribution is 5.90. The molecule has 6 nitrogen and oxygen atoms in total. The standard InChI is InChI=1S/C14H20N2O4/c1-10(9-19-2)16-13(17)8-15-12-6-4-5-11(7-12)14(18)20-3/h4-7,10,15H,8-9H2,1-3H3,(H,16,17). The third kappa shape index (κ3) is 5.27. The number of nitrogens with one attached hydrogen (secondary N) is 2. The van der Waals surface area contributed by atoms with E-state index in [1.54, 1.807) is 31.4 Å². The van der Waals surface area contributed by atoms with Crippen molar-refractivity contribution in [2.24, 2.45) is 0 Å². The fourth-order valence-electron chi connectivity index (χ4n) is 1.67. The first-order valence-corrected chi connectivity index (χ1v) is 6.27. The molecule has 0 bridgehead atoms. The van der Waals surface area contributed by atoms with Gasteiger partial charge in [-0.3, -0.25) is 4.79 Å². The number of esters is 1. The second-order valence-corrected chi connectivity index (χ2v) is 4.35. The van der Waals surface area contributed by atoms with Crippen LogP contribution in [0.4, 0.5) is 5.69 Å². The Morgan fingerprint density at radius 1 is 1.30 bits per heavy atom. The topological polar surface area (TPSA) is 76.7 Å². The van der Waals surface area contributed by atoms with E-state index >= 15 is 0 Å². The van der Waals surface area contributed by atoms with Gasteiger partial charge in [0.1, 0.15) is 0 Å². The Labute approximate surface area is 118 Å². The largest absolute Gasteiger partial charge is 0.465 e. The minimum absolute atomic E-state index is 0.0456. The van der Waals surface area contributed by atoms with Crippen LogP contribution in [0.15, 0.2) is 24.3 Å². The summed E-state index contributed by atoms with van der Waals surface area (Å²) in [7, 11) is 2.91. The number of hydrogen-bond acceptors (Lipinski definition) is 5. The van der Waals surface area contributed by atoms with Crippen molar-refractivity contribution >= 4 is 17.6 Å². The highest BCUT2D eigenvalue weighted by Gasteiger charge is 2.08. The number of rotatable bonds is 7. The third-order valence-corrected chi connectivity index (χ3v) is 2.56. The van der Waals surface area contributed by atoms with E-state index in [1.807, 2.05) is 6.92 Å². The molecule has 110 valence electrons. The molecule has 1 aromatic carbocycles. The minimum atomic E-state index is -0.410. The molecule has 0 aliphatic rings. The fourth-order valence-corrected chi connectivity index (χ4v) is 1.67. The van der Waals surface area contributed by atoms with E-state index in [0.717, 1.165) is 0 Å². The molecular formula is C14H20N2O4. The normalized spacial score (nSPS) is 11.6. The van der Waals surface area contributed by atoms with Crippen LogP contribution in [-0.2, 0) is 14.3 Å². The van der Waals surface area contributed by atoms with Gasteiger partial charge >= 0.3 is 5.97 Å². The van der Waals surface area contributed by atoms with Crippen LogP contribution in [0.2, 0.25) is 0 Å². The Morgan fingerprint density at radius 2 is 2.05 bits per heavy atom. The maximum atomic E-state index is 11.7. The second-order valence-electron chi connectivity index (χ2n) is 4.35. The molecular weight excluding hydrogens is 260 g/mol. The molecule has 1 unspecified atom stereocenters. The number of anilines is 1. The molecule has 0 aromatic heterocycles. The lowest BCUT2D eigenvalue weighted by Crippen LogP contribution is -2.39. The van der Waals surface area contributed by atoms with Crippen molar-refractivity contribution in [1.82, 2.24) is 5.32 Å². The Hall–Kier alpha value is -2.08. The number of methoxy groups -OCH3 is 2. The van der Waals surface area contributed by atoms with Gasteiger partial charge in [-0.2, -0.15) is 0 Å². The number of carbonyl (C=O) groups is 2. The van der Waals surface area contributed by atoms with E-state index in [0.29, 0.717) is 17.9 Å². The van der Waals surface area contributed by atoms with E-state index < -0.39 is 5.97 Å². The summed E-state index contributed by atoms with van der Waals surface area (Å²) in [4.78, 5) is 23.0. The van der Waals surface area contributed by atoms with Gasteiger partial charge in [0, 0.05) is 18.8 Å². The van der Waals surface area contributed by atoms with Gasteiger partial charge in [-0.05, 0) is 25.1 Å². The Bertz CT molecular complexity index is 462. The number of carbonyl (C=O) groups excluding carboxylic acids is 2. The number of hydrogen-bond donors (Lipinski definition) is 2. The minimum Gasteiger partial charge on any atom is -0.465 e. The van der Waals surface area contributed by atoms with Crippen LogP contribution in [0.3, 0.4) is 0 Å². The van der Waals surface area contributed by atoms with E-state index in [2.05, 4.69) is 15.4 Å². The van der Waals surface area contributed by atoms with E-state index in [4.69, 9.17) is 4.74 Å². The van der Waals surface area contributed by atoms with Crippen molar-refractivity contribution < 1.29 is 19.1 Å². The summed E-state index contributed by atoms with van der Waals surface area (Å²) in [6, 6.07) is 6.74. The molecule has 1 aromatic rings. The summed E-state index contributed by atoms with van der Waals surface area (Å²) in [5.74, 6) is -0.551. The zero-order valence-corrected chi connectivity index (χ0v) is 11.9. The first-order valence-electron chi connectivity index (χ1n) is 6.27. The van der Waals surface area contributed by atoms with Gasteiger partial charge in [0.05, 0.1) is 25.8 Å². The van der Waals surface area contributed by atoms with E-state index in [9.17, 15) is 9.59 Å². The molecule has 1 atom stereocenters. The van der Waals surface area contributed by atoms with Crippen LogP contribution in [0, 0.1) is 0 Å². The van der Waals surface area contributed by atoms with E-state index in [-0.39, 0.29) is 18.5 Å². The van der Waals surface area contributed by atoms with Crippen LogP contribution in [-0.4, -0.2) is 45.3 Å². The average molecular weight is 280 g/mol. The van der Waals surface area contributed by atoms with Crippen molar-refractivity contribution in [3.05, 3.63) is 29.8 Å². The molecule has 6 heteroatoms. The van der Waals surface area contributed by atoms with Gasteiger partial charge in [0.25, 0.3) is 0 Å². The van der Waals surface area contributed by atoms with Crippen molar-refractivity contribution in [2.75, 3.05) is 32.7 Å². The SMILES string of the molecule is COCC(C)NC(=O)CNc1cccc(C(=O)OC)c1. The van der Waals surface area contributed by atoms with Gasteiger partial charge in [-0.15, -0.1) is 0 Å². The van der Waals surface area contributed by atoms with Crippen LogP contribution < -0.4 is 10.6 Å². The molecule has 2 N–H and O–H groups in total. The lowest BCUT2D eigenvalue weighted by atomic mass is 10.2. The van der Waals surface area contributed by atoms with Crippen molar-refractivity contribution in [2.45, 2.75) is 13.0 Å². The number of ether oxygens (including phenoxy) is 2. The molecule has 0 fully saturated rings. The summed E-state index contributed by atoms with van der Waals surface area (Å²) in [5.41, 5.74) is 1.12. The molecule has 0 aliphatic carbocycles. The first kappa shape index (κ1) is 16.0. The highest BCUT2D eigenvalue weighted by atomic mass is 16.5. The van der Waals surface area contributed by atoms with Crippen molar-refractivity contribution in [3.63, 3.8) is 0 Å². The quantitative estimate of drug-likeness (QED) is 0.730. The molecule has 0 radical (unpaired) electrons. The van der Waals surface area contributed by atoms with E-state index in [1.165, 1.54) is 7.11 Å². The lowest BCUT2D eigenvalue weighted by molar-refractivity contribution is -0.120. The summed E-state index contributed by atoms with van der Waals surface area (Å²) < 4.78 is 9.57. The Kier molecular flexibility index (Phi) is 6.52. The van der Waals surface area contributed by atoms with Crippen LogP contribution >= 0.6 is 0 Å². The molecule has 20 heavy (non-hydrogen) atoms. The van der Waals surface area contributed by atoms with Crippen LogP contribution in [0.5, 0.6) is 0 Å². The first-order chi connectivity index (χ1) is 9.56. The smallest absolute Gasteiger partial charge is 0.337 e. The summed E-state index contributed by atoms with van der Waals surface area (Å²) in [6.07, 6.45) is 0. The lowest BCUT2D eigenvalue weighted by Gasteiger charge is -2.13.